The Morgan fingerprint density at radius 2 is 1.18 bits per heavy atom. The van der Waals surface area contributed by atoms with E-state index in [-0.39, 0.29) is 5.41 Å². The van der Waals surface area contributed by atoms with Gasteiger partial charge in [0, 0.05) is 6.04 Å². The molecule has 2 aromatic carbocycles. The molecule has 2 aromatic rings. The van der Waals surface area contributed by atoms with Crippen LogP contribution in [0.5, 0.6) is 0 Å². The summed E-state index contributed by atoms with van der Waals surface area (Å²) in [6.45, 7) is 10.2. The average Bonchev–Trinajstić information content (AvgIpc) is 2.45. The highest BCUT2D eigenvalue weighted by Crippen LogP contribution is 2.41. The zero-order valence-electron chi connectivity index (χ0n) is 14.2. The Kier molecular flexibility index (Phi) is 4.46. The van der Waals surface area contributed by atoms with E-state index in [9.17, 15) is 5.11 Å². The van der Waals surface area contributed by atoms with E-state index < -0.39 is 11.6 Å². The van der Waals surface area contributed by atoms with E-state index in [1.807, 2.05) is 62.4 Å². The number of hydrogen-bond donors (Lipinski definition) is 2. The number of hydrogen-bond acceptors (Lipinski definition) is 2. The lowest BCUT2D eigenvalue weighted by Crippen LogP contribution is -2.54. The second-order valence-corrected chi connectivity index (χ2v) is 7.24. The summed E-state index contributed by atoms with van der Waals surface area (Å²) < 4.78 is 0. The molecule has 0 saturated heterocycles. The van der Waals surface area contributed by atoms with Crippen LogP contribution in [0.4, 0.5) is 0 Å². The van der Waals surface area contributed by atoms with Crippen LogP contribution in [0.2, 0.25) is 0 Å². The van der Waals surface area contributed by atoms with Crippen LogP contribution in [0.1, 0.15) is 43.0 Å². The first kappa shape index (κ1) is 16.7. The quantitative estimate of drug-likeness (QED) is 0.902. The molecule has 0 spiro atoms. The molecule has 0 bridgehead atoms. The van der Waals surface area contributed by atoms with E-state index in [1.54, 1.807) is 0 Å². The molecule has 0 aliphatic carbocycles. The Balaban J connectivity index is 2.76. The summed E-state index contributed by atoms with van der Waals surface area (Å²) in [7, 11) is 0. The molecule has 0 radical (unpaired) electrons. The van der Waals surface area contributed by atoms with Crippen LogP contribution in [-0.4, -0.2) is 11.1 Å². The summed E-state index contributed by atoms with van der Waals surface area (Å²) in [6, 6.07) is 15.5. The molecule has 0 saturated carbocycles. The normalized spacial score (nSPS) is 14.0. The van der Waals surface area contributed by atoms with Crippen molar-refractivity contribution in [1.29, 1.82) is 0 Å². The standard InChI is InChI=1S/C20H27NO/c1-14-10-6-8-12-16(14)20(22,18(21)19(3,4)5)17-13-9-7-11-15(17)2/h6-13,18,22H,21H2,1-5H3. The summed E-state index contributed by atoms with van der Waals surface area (Å²) in [5.74, 6) is 0. The number of rotatable bonds is 3. The van der Waals surface area contributed by atoms with Crippen molar-refractivity contribution in [3.63, 3.8) is 0 Å². The Hall–Kier alpha value is -1.64. The number of aryl methyl sites for hydroxylation is 2. The second kappa shape index (κ2) is 5.86. The van der Waals surface area contributed by atoms with Gasteiger partial charge in [0.25, 0.3) is 0 Å². The predicted molar refractivity (Wildman–Crippen MR) is 92.8 cm³/mol. The first-order chi connectivity index (χ1) is 10.2. The third-order valence-corrected chi connectivity index (χ3v) is 4.49. The zero-order valence-corrected chi connectivity index (χ0v) is 14.2. The van der Waals surface area contributed by atoms with E-state index in [0.29, 0.717) is 0 Å². The maximum Gasteiger partial charge on any atom is 0.131 e. The Morgan fingerprint density at radius 3 is 1.50 bits per heavy atom. The van der Waals surface area contributed by atoms with Crippen molar-refractivity contribution in [2.75, 3.05) is 0 Å². The van der Waals surface area contributed by atoms with Gasteiger partial charge in [-0.15, -0.1) is 0 Å². The van der Waals surface area contributed by atoms with Gasteiger partial charge in [-0.25, -0.2) is 0 Å². The molecule has 1 unspecified atom stereocenters. The fourth-order valence-corrected chi connectivity index (χ4v) is 3.11. The molecule has 0 aliphatic rings. The lowest BCUT2D eigenvalue weighted by atomic mass is 9.68. The van der Waals surface area contributed by atoms with Crippen molar-refractivity contribution >= 4 is 0 Å². The van der Waals surface area contributed by atoms with Gasteiger partial charge in [-0.1, -0.05) is 69.3 Å². The minimum absolute atomic E-state index is 0.237. The fraction of sp³-hybridized carbons (Fsp3) is 0.400. The van der Waals surface area contributed by atoms with Crippen LogP contribution in [0.3, 0.4) is 0 Å². The van der Waals surface area contributed by atoms with Gasteiger partial charge in [0.2, 0.25) is 0 Å². The summed E-state index contributed by atoms with van der Waals surface area (Å²) in [5.41, 5.74) is 8.99. The monoisotopic (exact) mass is 297 g/mol. The van der Waals surface area contributed by atoms with Crippen LogP contribution in [0.15, 0.2) is 48.5 Å². The summed E-state index contributed by atoms with van der Waals surface area (Å²) in [5, 5.41) is 11.8. The lowest BCUT2D eigenvalue weighted by Gasteiger charge is -2.43. The summed E-state index contributed by atoms with van der Waals surface area (Å²) >= 11 is 0. The molecular weight excluding hydrogens is 270 g/mol. The highest BCUT2D eigenvalue weighted by atomic mass is 16.3. The van der Waals surface area contributed by atoms with Crippen molar-refractivity contribution in [2.24, 2.45) is 11.1 Å². The first-order valence-electron chi connectivity index (χ1n) is 7.79. The van der Waals surface area contributed by atoms with Gasteiger partial charge in [0.05, 0.1) is 0 Å². The van der Waals surface area contributed by atoms with E-state index >= 15 is 0 Å². The third-order valence-electron chi connectivity index (χ3n) is 4.49. The number of aliphatic hydroxyl groups is 1. The van der Waals surface area contributed by atoms with Crippen molar-refractivity contribution in [3.05, 3.63) is 70.8 Å². The SMILES string of the molecule is Cc1ccccc1C(O)(c1ccccc1C)C(N)C(C)(C)C. The van der Waals surface area contributed by atoms with Crippen molar-refractivity contribution in [3.8, 4) is 0 Å². The van der Waals surface area contributed by atoms with Gasteiger partial charge in [0.15, 0.2) is 0 Å². The van der Waals surface area contributed by atoms with Crippen molar-refractivity contribution in [1.82, 2.24) is 0 Å². The van der Waals surface area contributed by atoms with Gasteiger partial charge in [0.1, 0.15) is 5.60 Å². The zero-order chi connectivity index (χ0) is 16.5. The van der Waals surface area contributed by atoms with Crippen LogP contribution in [-0.2, 0) is 5.60 Å². The van der Waals surface area contributed by atoms with Gasteiger partial charge in [-0.05, 0) is 41.5 Å². The molecule has 0 fully saturated rings. The largest absolute Gasteiger partial charge is 0.379 e. The number of nitrogens with two attached hydrogens (primary N) is 1. The summed E-state index contributed by atoms with van der Waals surface area (Å²) in [4.78, 5) is 0. The molecular formula is C20H27NO. The molecule has 3 N–H and O–H groups in total. The lowest BCUT2D eigenvalue weighted by molar-refractivity contribution is 0.0101. The molecule has 22 heavy (non-hydrogen) atoms. The van der Waals surface area contributed by atoms with Crippen LogP contribution < -0.4 is 5.73 Å². The first-order valence-corrected chi connectivity index (χ1v) is 7.79. The minimum Gasteiger partial charge on any atom is -0.379 e. The van der Waals surface area contributed by atoms with Gasteiger partial charge >= 0.3 is 0 Å². The molecule has 1 atom stereocenters. The van der Waals surface area contributed by atoms with Gasteiger partial charge in [-0.2, -0.15) is 0 Å². The molecule has 2 nitrogen and oxygen atoms in total. The minimum atomic E-state index is -1.21. The fourth-order valence-electron chi connectivity index (χ4n) is 3.11. The highest BCUT2D eigenvalue weighted by Gasteiger charge is 2.45. The molecule has 0 aliphatic heterocycles. The Bertz CT molecular complexity index is 609. The van der Waals surface area contributed by atoms with Crippen molar-refractivity contribution in [2.45, 2.75) is 46.3 Å². The molecule has 2 heteroatoms. The highest BCUT2D eigenvalue weighted by molar-refractivity contribution is 5.45. The Morgan fingerprint density at radius 1 is 0.818 bits per heavy atom. The average molecular weight is 297 g/mol. The van der Waals surface area contributed by atoms with E-state index in [4.69, 9.17) is 5.73 Å². The molecule has 0 heterocycles. The van der Waals surface area contributed by atoms with Crippen molar-refractivity contribution < 1.29 is 5.11 Å². The molecule has 2 rings (SSSR count). The summed E-state index contributed by atoms with van der Waals surface area (Å²) in [6.07, 6.45) is 0. The van der Waals surface area contributed by atoms with Gasteiger partial charge in [-0.3, -0.25) is 0 Å². The Labute approximate surface area is 134 Å². The maximum absolute atomic E-state index is 11.8. The molecule has 118 valence electrons. The topological polar surface area (TPSA) is 46.2 Å². The van der Waals surface area contributed by atoms with Crippen LogP contribution in [0.25, 0.3) is 0 Å². The van der Waals surface area contributed by atoms with E-state index in [2.05, 4.69) is 20.8 Å². The van der Waals surface area contributed by atoms with Crippen LogP contribution in [0, 0.1) is 19.3 Å². The van der Waals surface area contributed by atoms with Gasteiger partial charge < -0.3 is 10.8 Å². The molecule has 0 aromatic heterocycles. The third kappa shape index (κ3) is 2.81. The number of benzene rings is 2. The smallest absolute Gasteiger partial charge is 0.131 e. The second-order valence-electron chi connectivity index (χ2n) is 7.24. The van der Waals surface area contributed by atoms with E-state index in [0.717, 1.165) is 22.3 Å². The predicted octanol–water partition coefficient (Wildman–Crippen LogP) is 3.91. The van der Waals surface area contributed by atoms with E-state index in [1.165, 1.54) is 0 Å². The molecule has 0 amide bonds. The maximum atomic E-state index is 11.8. The van der Waals surface area contributed by atoms with Crippen LogP contribution >= 0.6 is 0 Å².